The molecule has 1 fully saturated rings. The summed E-state index contributed by atoms with van der Waals surface area (Å²) in [6.45, 7) is 4.04. The van der Waals surface area contributed by atoms with Gasteiger partial charge in [0.25, 0.3) is 5.91 Å². The zero-order chi connectivity index (χ0) is 19.3. The minimum atomic E-state index is -0.163. The number of para-hydroxylation sites is 1. The van der Waals surface area contributed by atoms with E-state index in [0.717, 1.165) is 12.8 Å². The van der Waals surface area contributed by atoms with Crippen LogP contribution in [-0.4, -0.2) is 39.9 Å². The van der Waals surface area contributed by atoms with E-state index in [1.54, 1.807) is 32.4 Å². The molecule has 0 atom stereocenters. The Bertz CT molecular complexity index is 779. The Morgan fingerprint density at radius 1 is 1.07 bits per heavy atom. The largest absolute Gasteiger partial charge is 0.493 e. The van der Waals surface area contributed by atoms with Gasteiger partial charge in [-0.15, -0.1) is 0 Å². The predicted octanol–water partition coefficient (Wildman–Crippen LogP) is 3.49. The van der Waals surface area contributed by atoms with Gasteiger partial charge in [-0.1, -0.05) is 35.9 Å². The van der Waals surface area contributed by atoms with Crippen molar-refractivity contribution in [2.24, 2.45) is 0 Å². The van der Waals surface area contributed by atoms with E-state index in [-0.39, 0.29) is 11.3 Å². The summed E-state index contributed by atoms with van der Waals surface area (Å²) in [5.41, 5.74) is 2.83. The molecule has 0 aromatic heterocycles. The molecule has 0 unspecified atom stereocenters. The fourth-order valence-corrected chi connectivity index (χ4v) is 3.65. The summed E-state index contributed by atoms with van der Waals surface area (Å²) < 4.78 is 16.3. The monoisotopic (exact) mass is 369 g/mol. The van der Waals surface area contributed by atoms with Gasteiger partial charge in [0.15, 0.2) is 11.5 Å². The van der Waals surface area contributed by atoms with Gasteiger partial charge in [0.05, 0.1) is 19.8 Å². The van der Waals surface area contributed by atoms with Crippen molar-refractivity contribution in [3.63, 3.8) is 0 Å². The smallest absolute Gasteiger partial charge is 0.255 e. The number of nitrogens with one attached hydrogen (secondary N) is 1. The van der Waals surface area contributed by atoms with Gasteiger partial charge >= 0.3 is 0 Å². The Balaban J connectivity index is 1.82. The first-order valence-electron chi connectivity index (χ1n) is 9.24. The van der Waals surface area contributed by atoms with E-state index in [4.69, 9.17) is 14.2 Å². The summed E-state index contributed by atoms with van der Waals surface area (Å²) in [6, 6.07) is 13.9. The molecule has 3 rings (SSSR count). The van der Waals surface area contributed by atoms with Gasteiger partial charge in [-0.2, -0.15) is 0 Å². The summed E-state index contributed by atoms with van der Waals surface area (Å²) in [6.07, 6.45) is 1.76. The van der Waals surface area contributed by atoms with Gasteiger partial charge < -0.3 is 19.5 Å². The highest BCUT2D eigenvalue weighted by atomic mass is 16.5. The minimum Gasteiger partial charge on any atom is -0.493 e. The Morgan fingerprint density at radius 3 is 2.41 bits per heavy atom. The van der Waals surface area contributed by atoms with Crippen LogP contribution in [0, 0.1) is 6.92 Å². The third kappa shape index (κ3) is 4.08. The van der Waals surface area contributed by atoms with Crippen LogP contribution in [0.3, 0.4) is 0 Å². The van der Waals surface area contributed by atoms with E-state index < -0.39 is 0 Å². The second-order valence-corrected chi connectivity index (χ2v) is 6.98. The topological polar surface area (TPSA) is 56.8 Å². The molecule has 0 radical (unpaired) electrons. The van der Waals surface area contributed by atoms with Crippen LogP contribution in [-0.2, 0) is 10.2 Å². The first-order chi connectivity index (χ1) is 13.1. The number of hydrogen-bond donors (Lipinski definition) is 1. The summed E-state index contributed by atoms with van der Waals surface area (Å²) in [7, 11) is 3.11. The number of benzene rings is 2. The molecule has 144 valence electrons. The van der Waals surface area contributed by atoms with E-state index in [9.17, 15) is 4.79 Å². The molecule has 1 heterocycles. The SMILES string of the molecule is COc1cccc(C(=O)NCC2(c3ccc(C)cc3)CCOCC2)c1OC. The van der Waals surface area contributed by atoms with E-state index >= 15 is 0 Å². The van der Waals surface area contributed by atoms with Crippen molar-refractivity contribution in [1.82, 2.24) is 5.32 Å². The molecule has 1 N–H and O–H groups in total. The summed E-state index contributed by atoms with van der Waals surface area (Å²) >= 11 is 0. The average molecular weight is 369 g/mol. The third-order valence-corrected chi connectivity index (χ3v) is 5.35. The van der Waals surface area contributed by atoms with Gasteiger partial charge in [-0.25, -0.2) is 0 Å². The number of ether oxygens (including phenoxy) is 3. The molecule has 1 aliphatic rings. The number of rotatable bonds is 6. The van der Waals surface area contributed by atoms with Crippen LogP contribution in [0.15, 0.2) is 42.5 Å². The number of methoxy groups -OCH3 is 2. The first-order valence-corrected chi connectivity index (χ1v) is 9.24. The van der Waals surface area contributed by atoms with Crippen molar-refractivity contribution in [1.29, 1.82) is 0 Å². The van der Waals surface area contributed by atoms with Gasteiger partial charge in [-0.3, -0.25) is 4.79 Å². The molecule has 27 heavy (non-hydrogen) atoms. The highest BCUT2D eigenvalue weighted by Gasteiger charge is 2.35. The first kappa shape index (κ1) is 19.2. The van der Waals surface area contributed by atoms with Crippen molar-refractivity contribution in [2.45, 2.75) is 25.2 Å². The van der Waals surface area contributed by atoms with Crippen molar-refractivity contribution in [2.75, 3.05) is 34.0 Å². The summed E-state index contributed by atoms with van der Waals surface area (Å²) in [5, 5.41) is 3.12. The van der Waals surface area contributed by atoms with Gasteiger partial charge in [-0.05, 0) is 37.5 Å². The molecule has 2 aromatic rings. The molecule has 0 spiro atoms. The van der Waals surface area contributed by atoms with Crippen molar-refractivity contribution >= 4 is 5.91 Å². The molecule has 5 nitrogen and oxygen atoms in total. The van der Waals surface area contributed by atoms with Crippen molar-refractivity contribution in [3.8, 4) is 11.5 Å². The van der Waals surface area contributed by atoms with Gasteiger partial charge in [0.2, 0.25) is 0 Å². The van der Waals surface area contributed by atoms with Crippen LogP contribution < -0.4 is 14.8 Å². The zero-order valence-corrected chi connectivity index (χ0v) is 16.2. The lowest BCUT2D eigenvalue weighted by molar-refractivity contribution is 0.0487. The number of carbonyl (C=O) groups excluding carboxylic acids is 1. The molecular formula is C22H27NO4. The number of amides is 1. The van der Waals surface area contributed by atoms with Crippen LogP contribution >= 0.6 is 0 Å². The lowest BCUT2D eigenvalue weighted by atomic mass is 9.74. The van der Waals surface area contributed by atoms with Crippen LogP contribution in [0.5, 0.6) is 11.5 Å². The lowest BCUT2D eigenvalue weighted by Crippen LogP contribution is -2.44. The molecule has 1 saturated heterocycles. The number of carbonyl (C=O) groups is 1. The Hall–Kier alpha value is -2.53. The minimum absolute atomic E-state index is 0.117. The Kier molecular flexibility index (Phi) is 6.01. The quantitative estimate of drug-likeness (QED) is 0.847. The standard InChI is InChI=1S/C22H27NO4/c1-16-7-9-17(10-8-16)22(11-13-27-14-12-22)15-23-21(24)18-5-4-6-19(25-2)20(18)26-3/h4-10H,11-15H2,1-3H3,(H,23,24). The van der Waals surface area contributed by atoms with E-state index in [0.29, 0.717) is 36.8 Å². The van der Waals surface area contributed by atoms with Crippen molar-refractivity contribution in [3.05, 3.63) is 59.2 Å². The Morgan fingerprint density at radius 2 is 1.78 bits per heavy atom. The van der Waals surface area contributed by atoms with Gasteiger partial charge in [0, 0.05) is 25.2 Å². The fraction of sp³-hybridized carbons (Fsp3) is 0.409. The van der Waals surface area contributed by atoms with E-state index in [1.807, 2.05) is 0 Å². The molecule has 0 aliphatic carbocycles. The third-order valence-electron chi connectivity index (χ3n) is 5.35. The molecule has 1 amide bonds. The molecule has 2 aromatic carbocycles. The molecule has 0 bridgehead atoms. The van der Waals surface area contributed by atoms with E-state index in [1.165, 1.54) is 11.1 Å². The van der Waals surface area contributed by atoms with Crippen molar-refractivity contribution < 1.29 is 19.0 Å². The van der Waals surface area contributed by atoms with Crippen LogP contribution in [0.1, 0.15) is 34.3 Å². The summed E-state index contributed by atoms with van der Waals surface area (Å²) in [5.74, 6) is 0.835. The highest BCUT2D eigenvalue weighted by Crippen LogP contribution is 2.35. The second-order valence-electron chi connectivity index (χ2n) is 6.98. The number of aryl methyl sites for hydroxylation is 1. The molecule has 1 aliphatic heterocycles. The Labute approximate surface area is 160 Å². The normalized spacial score (nSPS) is 15.8. The predicted molar refractivity (Wildman–Crippen MR) is 105 cm³/mol. The van der Waals surface area contributed by atoms with Crippen LogP contribution in [0.4, 0.5) is 0 Å². The highest BCUT2D eigenvalue weighted by molar-refractivity contribution is 5.97. The second kappa shape index (κ2) is 8.44. The molecule has 0 saturated carbocycles. The maximum atomic E-state index is 12.9. The average Bonchev–Trinajstić information content (AvgIpc) is 2.72. The van der Waals surface area contributed by atoms with Gasteiger partial charge in [0.1, 0.15) is 0 Å². The molecular weight excluding hydrogens is 342 g/mol. The van der Waals surface area contributed by atoms with E-state index in [2.05, 4.69) is 36.5 Å². The maximum Gasteiger partial charge on any atom is 0.255 e. The van der Waals surface area contributed by atoms with Crippen LogP contribution in [0.25, 0.3) is 0 Å². The number of hydrogen-bond acceptors (Lipinski definition) is 4. The maximum absolute atomic E-state index is 12.9. The summed E-state index contributed by atoms with van der Waals surface area (Å²) in [4.78, 5) is 12.9. The zero-order valence-electron chi connectivity index (χ0n) is 16.2. The lowest BCUT2D eigenvalue weighted by Gasteiger charge is -2.38. The molecule has 5 heteroatoms. The van der Waals surface area contributed by atoms with Crippen LogP contribution in [0.2, 0.25) is 0 Å². The fourth-order valence-electron chi connectivity index (χ4n) is 3.65.